The van der Waals surface area contributed by atoms with Crippen LogP contribution in [-0.2, 0) is 11.5 Å². The summed E-state index contributed by atoms with van der Waals surface area (Å²) in [6.45, 7) is 1.77. The van der Waals surface area contributed by atoms with Gasteiger partial charge in [0.25, 0.3) is 0 Å². The van der Waals surface area contributed by atoms with Crippen molar-refractivity contribution < 1.29 is 14.3 Å². The topological polar surface area (TPSA) is 49.3 Å². The molecule has 82 valence electrons. The van der Waals surface area contributed by atoms with E-state index in [-0.39, 0.29) is 6.42 Å². The Kier molecular flexibility index (Phi) is 4.09. The number of halogens is 1. The van der Waals surface area contributed by atoms with Crippen LogP contribution in [0.2, 0.25) is 0 Å². The highest BCUT2D eigenvalue weighted by molar-refractivity contribution is 5.67. The number of carboxylic acids is 1. The molecular weight excluding hydrogens is 197 g/mol. The van der Waals surface area contributed by atoms with E-state index in [9.17, 15) is 9.18 Å². The minimum atomic E-state index is -0.833. The molecule has 0 aliphatic carbocycles. The van der Waals surface area contributed by atoms with E-state index in [4.69, 9.17) is 5.11 Å². The zero-order valence-corrected chi connectivity index (χ0v) is 8.59. The number of anilines is 1. The lowest BCUT2D eigenvalue weighted by atomic mass is 10.1. The molecule has 15 heavy (non-hydrogen) atoms. The van der Waals surface area contributed by atoms with E-state index in [0.29, 0.717) is 12.1 Å². The summed E-state index contributed by atoms with van der Waals surface area (Å²) in [6.07, 6.45) is 0.0737. The van der Waals surface area contributed by atoms with Crippen molar-refractivity contribution in [3.63, 3.8) is 0 Å². The van der Waals surface area contributed by atoms with Gasteiger partial charge in [0.2, 0.25) is 0 Å². The Balaban J connectivity index is 2.58. The fraction of sp³-hybridized carbons (Fsp3) is 0.364. The monoisotopic (exact) mass is 211 g/mol. The standard InChI is InChI=1S/C11H14FNO2/c1-8-6-9(7-12)2-3-10(8)13-5-4-11(14)15/h2-3,6,13H,4-5,7H2,1H3,(H,14,15). The van der Waals surface area contributed by atoms with Crippen molar-refractivity contribution in [3.8, 4) is 0 Å². The number of aliphatic carboxylic acids is 1. The summed E-state index contributed by atoms with van der Waals surface area (Å²) in [5.41, 5.74) is 2.42. The highest BCUT2D eigenvalue weighted by Crippen LogP contribution is 2.16. The fourth-order valence-electron chi connectivity index (χ4n) is 1.31. The first kappa shape index (κ1) is 11.5. The molecule has 0 saturated carbocycles. The lowest BCUT2D eigenvalue weighted by molar-refractivity contribution is -0.136. The van der Waals surface area contributed by atoms with Gasteiger partial charge in [0.15, 0.2) is 0 Å². The smallest absolute Gasteiger partial charge is 0.305 e. The molecule has 4 heteroatoms. The van der Waals surface area contributed by atoms with Crippen LogP contribution < -0.4 is 5.32 Å². The maximum atomic E-state index is 12.3. The number of benzene rings is 1. The summed E-state index contributed by atoms with van der Waals surface area (Å²) < 4.78 is 12.3. The minimum Gasteiger partial charge on any atom is -0.481 e. The quantitative estimate of drug-likeness (QED) is 0.786. The molecule has 0 saturated heterocycles. The molecule has 1 aromatic carbocycles. The Hall–Kier alpha value is -1.58. The molecule has 2 N–H and O–H groups in total. The summed E-state index contributed by atoms with van der Waals surface area (Å²) in [4.78, 5) is 10.3. The molecule has 0 aliphatic rings. The van der Waals surface area contributed by atoms with E-state index in [1.807, 2.05) is 6.92 Å². The summed E-state index contributed by atoms with van der Waals surface area (Å²) in [5, 5.41) is 11.4. The van der Waals surface area contributed by atoms with E-state index in [0.717, 1.165) is 11.3 Å². The zero-order chi connectivity index (χ0) is 11.3. The van der Waals surface area contributed by atoms with Crippen LogP contribution in [0.4, 0.5) is 10.1 Å². The second-order valence-electron chi connectivity index (χ2n) is 3.35. The third kappa shape index (κ3) is 3.58. The number of aryl methyl sites for hydroxylation is 1. The molecule has 0 spiro atoms. The van der Waals surface area contributed by atoms with Gasteiger partial charge in [-0.2, -0.15) is 0 Å². The number of carboxylic acid groups (broad SMARTS) is 1. The van der Waals surface area contributed by atoms with Crippen LogP contribution in [0.3, 0.4) is 0 Å². The fourth-order valence-corrected chi connectivity index (χ4v) is 1.31. The average molecular weight is 211 g/mol. The Morgan fingerprint density at radius 1 is 1.53 bits per heavy atom. The Bertz CT molecular complexity index is 352. The van der Waals surface area contributed by atoms with Crippen LogP contribution in [0.15, 0.2) is 18.2 Å². The van der Waals surface area contributed by atoms with Gasteiger partial charge in [-0.25, -0.2) is 4.39 Å². The lowest BCUT2D eigenvalue weighted by Gasteiger charge is -2.09. The van der Waals surface area contributed by atoms with Gasteiger partial charge >= 0.3 is 5.97 Å². The molecule has 0 amide bonds. The van der Waals surface area contributed by atoms with Crippen LogP contribution in [0, 0.1) is 6.92 Å². The summed E-state index contributed by atoms with van der Waals surface area (Å²) in [7, 11) is 0. The highest BCUT2D eigenvalue weighted by atomic mass is 19.1. The van der Waals surface area contributed by atoms with Crippen LogP contribution in [0.1, 0.15) is 17.5 Å². The van der Waals surface area contributed by atoms with Crippen molar-refractivity contribution in [3.05, 3.63) is 29.3 Å². The number of hydrogen-bond acceptors (Lipinski definition) is 2. The second-order valence-corrected chi connectivity index (χ2v) is 3.35. The third-order valence-electron chi connectivity index (χ3n) is 2.10. The number of carbonyl (C=O) groups is 1. The number of rotatable bonds is 5. The van der Waals surface area contributed by atoms with E-state index in [1.165, 1.54) is 0 Å². The van der Waals surface area contributed by atoms with Gasteiger partial charge in [-0.1, -0.05) is 12.1 Å². The summed E-state index contributed by atoms with van der Waals surface area (Å²) >= 11 is 0. The minimum absolute atomic E-state index is 0.0737. The third-order valence-corrected chi connectivity index (χ3v) is 2.10. The predicted molar refractivity (Wildman–Crippen MR) is 56.7 cm³/mol. The average Bonchev–Trinajstić information content (AvgIpc) is 2.20. The maximum absolute atomic E-state index is 12.3. The van der Waals surface area contributed by atoms with Crippen LogP contribution >= 0.6 is 0 Å². The number of nitrogens with one attached hydrogen (secondary N) is 1. The van der Waals surface area contributed by atoms with E-state index >= 15 is 0 Å². The van der Waals surface area contributed by atoms with Gasteiger partial charge in [-0.3, -0.25) is 4.79 Å². The van der Waals surface area contributed by atoms with E-state index in [1.54, 1.807) is 18.2 Å². The summed E-state index contributed by atoms with van der Waals surface area (Å²) in [6, 6.07) is 5.21. The first-order valence-corrected chi connectivity index (χ1v) is 4.74. The molecule has 0 atom stereocenters. The SMILES string of the molecule is Cc1cc(CF)ccc1NCCC(=O)O. The molecule has 0 aliphatic heterocycles. The van der Waals surface area contributed by atoms with E-state index in [2.05, 4.69) is 5.32 Å². The van der Waals surface area contributed by atoms with Gasteiger partial charge in [0.1, 0.15) is 6.67 Å². The zero-order valence-electron chi connectivity index (χ0n) is 8.59. The van der Waals surface area contributed by atoms with Crippen molar-refractivity contribution in [1.29, 1.82) is 0 Å². The molecule has 0 aromatic heterocycles. The Labute approximate surface area is 87.9 Å². The Morgan fingerprint density at radius 2 is 2.27 bits per heavy atom. The van der Waals surface area contributed by atoms with Crippen LogP contribution in [0.5, 0.6) is 0 Å². The maximum Gasteiger partial charge on any atom is 0.305 e. The highest BCUT2D eigenvalue weighted by Gasteiger charge is 2.01. The van der Waals surface area contributed by atoms with Gasteiger partial charge < -0.3 is 10.4 Å². The molecule has 0 fully saturated rings. The van der Waals surface area contributed by atoms with Crippen molar-refractivity contribution in [2.45, 2.75) is 20.0 Å². The predicted octanol–water partition coefficient (Wildman–Crippen LogP) is 2.35. The first-order chi connectivity index (χ1) is 7.13. The Morgan fingerprint density at radius 3 is 2.80 bits per heavy atom. The number of hydrogen-bond donors (Lipinski definition) is 2. The largest absolute Gasteiger partial charge is 0.481 e. The molecule has 1 aromatic rings. The van der Waals surface area contributed by atoms with Gasteiger partial charge in [-0.15, -0.1) is 0 Å². The van der Waals surface area contributed by atoms with Crippen molar-refractivity contribution >= 4 is 11.7 Å². The molecule has 3 nitrogen and oxygen atoms in total. The van der Waals surface area contributed by atoms with E-state index < -0.39 is 12.6 Å². The second kappa shape index (κ2) is 5.34. The lowest BCUT2D eigenvalue weighted by Crippen LogP contribution is -2.08. The van der Waals surface area contributed by atoms with Gasteiger partial charge in [-0.05, 0) is 24.1 Å². The van der Waals surface area contributed by atoms with Crippen molar-refractivity contribution in [2.24, 2.45) is 0 Å². The molecule has 0 heterocycles. The first-order valence-electron chi connectivity index (χ1n) is 4.74. The van der Waals surface area contributed by atoms with Crippen molar-refractivity contribution in [1.82, 2.24) is 0 Å². The van der Waals surface area contributed by atoms with Gasteiger partial charge in [0.05, 0.1) is 6.42 Å². The van der Waals surface area contributed by atoms with Gasteiger partial charge in [0, 0.05) is 12.2 Å². The number of alkyl halides is 1. The van der Waals surface area contributed by atoms with Crippen molar-refractivity contribution in [2.75, 3.05) is 11.9 Å². The molecular formula is C11H14FNO2. The molecule has 0 bridgehead atoms. The summed E-state index contributed by atoms with van der Waals surface area (Å²) in [5.74, 6) is -0.833. The van der Waals surface area contributed by atoms with Crippen LogP contribution in [-0.4, -0.2) is 17.6 Å². The normalized spacial score (nSPS) is 10.0. The van der Waals surface area contributed by atoms with Crippen LogP contribution in [0.25, 0.3) is 0 Å². The molecule has 0 radical (unpaired) electrons. The molecule has 0 unspecified atom stereocenters. The molecule has 1 rings (SSSR count).